The van der Waals surface area contributed by atoms with E-state index in [1.807, 2.05) is 46.7 Å². The molecule has 2 aromatic rings. The molecule has 0 bridgehead atoms. The highest BCUT2D eigenvalue weighted by molar-refractivity contribution is 9.10. The Morgan fingerprint density at radius 1 is 1.09 bits per heavy atom. The summed E-state index contributed by atoms with van der Waals surface area (Å²) >= 11 is 4.92. The molecule has 3 rings (SSSR count). The van der Waals surface area contributed by atoms with Crippen LogP contribution in [0, 0.1) is 5.92 Å². The number of hydrogen-bond donors (Lipinski definition) is 0. The van der Waals surface area contributed by atoms with Gasteiger partial charge in [0, 0.05) is 23.5 Å². The van der Waals surface area contributed by atoms with Crippen LogP contribution in [0.2, 0.25) is 0 Å². The van der Waals surface area contributed by atoms with Crippen molar-refractivity contribution in [1.82, 2.24) is 4.90 Å². The van der Waals surface area contributed by atoms with Gasteiger partial charge in [0.1, 0.15) is 0 Å². The van der Waals surface area contributed by atoms with E-state index in [-0.39, 0.29) is 17.6 Å². The zero-order valence-electron chi connectivity index (χ0n) is 12.0. The van der Waals surface area contributed by atoms with Gasteiger partial charge >= 0.3 is 0 Å². The van der Waals surface area contributed by atoms with Crippen LogP contribution >= 0.6 is 27.3 Å². The first-order chi connectivity index (χ1) is 10.7. The second kappa shape index (κ2) is 6.75. The second-order valence-corrected chi connectivity index (χ2v) is 7.19. The molecule has 3 nitrogen and oxygen atoms in total. The Labute approximate surface area is 142 Å². The summed E-state index contributed by atoms with van der Waals surface area (Å²) in [6.45, 7) is 1.28. The summed E-state index contributed by atoms with van der Waals surface area (Å²) in [5.74, 6) is 0.305. The number of carbonyl (C=O) groups is 2. The number of amides is 1. The fourth-order valence-corrected chi connectivity index (χ4v) is 3.97. The minimum Gasteiger partial charge on any atom is -0.339 e. The summed E-state index contributed by atoms with van der Waals surface area (Å²) in [6.07, 6.45) is 1.49. The Balaban J connectivity index is 1.63. The predicted molar refractivity (Wildman–Crippen MR) is 91.4 cm³/mol. The molecule has 0 N–H and O–H groups in total. The number of likely N-dealkylation sites (tertiary alicyclic amines) is 1. The number of thiophene rings is 1. The monoisotopic (exact) mass is 377 g/mol. The van der Waals surface area contributed by atoms with Gasteiger partial charge in [-0.1, -0.05) is 18.2 Å². The highest BCUT2D eigenvalue weighted by atomic mass is 79.9. The van der Waals surface area contributed by atoms with Gasteiger partial charge < -0.3 is 4.90 Å². The Morgan fingerprint density at radius 3 is 2.45 bits per heavy atom. The molecule has 1 amide bonds. The smallest absolute Gasteiger partial charge is 0.254 e. The van der Waals surface area contributed by atoms with E-state index in [1.54, 1.807) is 0 Å². The standard InChI is InChI=1S/C17H16BrNO2S/c18-14-5-2-1-4-13(14)17(21)19-9-7-12(8-10-19)16(20)15-6-3-11-22-15/h1-6,11-12H,7-10H2. The van der Waals surface area contributed by atoms with Gasteiger partial charge in [-0.25, -0.2) is 0 Å². The number of hydrogen-bond acceptors (Lipinski definition) is 3. The molecule has 0 saturated carbocycles. The second-order valence-electron chi connectivity index (χ2n) is 5.39. The largest absolute Gasteiger partial charge is 0.339 e. The molecule has 0 unspecified atom stereocenters. The number of carbonyl (C=O) groups excluding carboxylic acids is 2. The Kier molecular flexibility index (Phi) is 4.74. The van der Waals surface area contributed by atoms with Crippen LogP contribution in [0.1, 0.15) is 32.9 Å². The average Bonchev–Trinajstić information content (AvgIpc) is 3.09. The maximum Gasteiger partial charge on any atom is 0.254 e. The van der Waals surface area contributed by atoms with Crippen LogP contribution in [0.15, 0.2) is 46.3 Å². The van der Waals surface area contributed by atoms with Crippen LogP contribution in [0.5, 0.6) is 0 Å². The third-order valence-electron chi connectivity index (χ3n) is 4.02. The fourth-order valence-electron chi connectivity index (χ4n) is 2.77. The summed E-state index contributed by atoms with van der Waals surface area (Å²) in [4.78, 5) is 27.6. The molecule has 1 saturated heterocycles. The highest BCUT2D eigenvalue weighted by Crippen LogP contribution is 2.26. The van der Waals surface area contributed by atoms with E-state index in [0.717, 1.165) is 22.2 Å². The maximum absolute atomic E-state index is 12.5. The lowest BCUT2D eigenvalue weighted by Crippen LogP contribution is -2.40. The molecule has 2 heterocycles. The van der Waals surface area contributed by atoms with Crippen LogP contribution in [-0.4, -0.2) is 29.7 Å². The van der Waals surface area contributed by atoms with E-state index >= 15 is 0 Å². The molecule has 0 radical (unpaired) electrons. The van der Waals surface area contributed by atoms with Crippen molar-refractivity contribution < 1.29 is 9.59 Å². The summed E-state index contributed by atoms with van der Waals surface area (Å²) < 4.78 is 0.816. The number of nitrogens with zero attached hydrogens (tertiary/aromatic N) is 1. The van der Waals surface area contributed by atoms with Crippen molar-refractivity contribution in [3.8, 4) is 0 Å². The zero-order chi connectivity index (χ0) is 15.5. The third kappa shape index (κ3) is 3.15. The SMILES string of the molecule is O=C(c1cccs1)C1CCN(C(=O)c2ccccc2Br)CC1. The molecule has 0 aliphatic carbocycles. The Morgan fingerprint density at radius 2 is 1.82 bits per heavy atom. The lowest BCUT2D eigenvalue weighted by atomic mass is 9.91. The summed E-state index contributed by atoms with van der Waals surface area (Å²) in [5.41, 5.74) is 0.686. The van der Waals surface area contributed by atoms with Crippen molar-refractivity contribution >= 4 is 39.0 Å². The van der Waals surface area contributed by atoms with E-state index in [1.165, 1.54) is 11.3 Å². The van der Waals surface area contributed by atoms with Gasteiger partial charge in [0.2, 0.25) is 0 Å². The highest BCUT2D eigenvalue weighted by Gasteiger charge is 2.29. The van der Waals surface area contributed by atoms with Crippen LogP contribution in [0.4, 0.5) is 0 Å². The summed E-state index contributed by atoms with van der Waals surface area (Å²) in [6, 6.07) is 11.3. The summed E-state index contributed by atoms with van der Waals surface area (Å²) in [5, 5.41) is 1.93. The minimum atomic E-state index is 0.0366. The van der Waals surface area contributed by atoms with Crippen LogP contribution in [0.25, 0.3) is 0 Å². The van der Waals surface area contributed by atoms with Crippen molar-refractivity contribution in [1.29, 1.82) is 0 Å². The number of ketones is 1. The molecule has 1 aromatic carbocycles. The van der Waals surface area contributed by atoms with Gasteiger partial charge in [0.05, 0.1) is 10.4 Å². The van der Waals surface area contributed by atoms with Crippen LogP contribution in [0.3, 0.4) is 0 Å². The fraction of sp³-hybridized carbons (Fsp3) is 0.294. The first kappa shape index (κ1) is 15.4. The quantitative estimate of drug-likeness (QED) is 0.749. The first-order valence-electron chi connectivity index (χ1n) is 7.28. The van der Waals surface area contributed by atoms with Gasteiger partial charge in [-0.05, 0) is 52.4 Å². The normalized spacial score (nSPS) is 15.8. The molecule has 114 valence electrons. The number of rotatable bonds is 3. The van der Waals surface area contributed by atoms with E-state index in [0.29, 0.717) is 18.7 Å². The van der Waals surface area contributed by atoms with Crippen molar-refractivity contribution in [2.45, 2.75) is 12.8 Å². The zero-order valence-corrected chi connectivity index (χ0v) is 14.4. The van der Waals surface area contributed by atoms with Crippen LogP contribution in [-0.2, 0) is 0 Å². The molecular formula is C17H16BrNO2S. The van der Waals surface area contributed by atoms with Crippen molar-refractivity contribution in [2.75, 3.05) is 13.1 Å². The van der Waals surface area contributed by atoms with E-state index in [2.05, 4.69) is 15.9 Å². The Bertz CT molecular complexity index is 676. The van der Waals surface area contributed by atoms with Gasteiger partial charge in [-0.2, -0.15) is 0 Å². The van der Waals surface area contributed by atoms with E-state index in [4.69, 9.17) is 0 Å². The van der Waals surface area contributed by atoms with Gasteiger partial charge in [0.15, 0.2) is 5.78 Å². The number of benzene rings is 1. The van der Waals surface area contributed by atoms with Crippen molar-refractivity contribution in [3.05, 3.63) is 56.7 Å². The van der Waals surface area contributed by atoms with Gasteiger partial charge in [0.25, 0.3) is 5.91 Å². The molecule has 22 heavy (non-hydrogen) atoms. The lowest BCUT2D eigenvalue weighted by molar-refractivity contribution is 0.0650. The van der Waals surface area contributed by atoms with Crippen LogP contribution < -0.4 is 0 Å². The minimum absolute atomic E-state index is 0.0366. The van der Waals surface area contributed by atoms with Gasteiger partial charge in [-0.15, -0.1) is 11.3 Å². The molecule has 5 heteroatoms. The third-order valence-corrected chi connectivity index (χ3v) is 5.60. The number of Topliss-reactive ketones (excluding diaryl/α,β-unsaturated/α-hetero) is 1. The predicted octanol–water partition coefficient (Wildman–Crippen LogP) is 4.25. The molecule has 0 spiro atoms. The van der Waals surface area contributed by atoms with Crippen molar-refractivity contribution in [3.63, 3.8) is 0 Å². The maximum atomic E-state index is 12.5. The molecule has 1 aliphatic heterocycles. The summed E-state index contributed by atoms with van der Waals surface area (Å²) in [7, 11) is 0. The molecule has 0 atom stereocenters. The lowest BCUT2D eigenvalue weighted by Gasteiger charge is -2.31. The Hall–Kier alpha value is -1.46. The first-order valence-corrected chi connectivity index (χ1v) is 8.95. The van der Waals surface area contributed by atoms with E-state index < -0.39 is 0 Å². The molecule has 1 aliphatic rings. The molecular weight excluding hydrogens is 362 g/mol. The van der Waals surface area contributed by atoms with Gasteiger partial charge in [-0.3, -0.25) is 9.59 Å². The molecule has 1 fully saturated rings. The molecule has 1 aromatic heterocycles. The van der Waals surface area contributed by atoms with E-state index in [9.17, 15) is 9.59 Å². The number of halogens is 1. The topological polar surface area (TPSA) is 37.4 Å². The van der Waals surface area contributed by atoms with Crippen molar-refractivity contribution in [2.24, 2.45) is 5.92 Å². The average molecular weight is 378 g/mol. The number of piperidine rings is 1.